The van der Waals surface area contributed by atoms with E-state index in [2.05, 4.69) is 29.6 Å². The highest BCUT2D eigenvalue weighted by molar-refractivity contribution is 5.56. The molecule has 0 spiro atoms. The van der Waals surface area contributed by atoms with Gasteiger partial charge in [-0.2, -0.15) is 0 Å². The van der Waals surface area contributed by atoms with E-state index in [1.54, 1.807) is 0 Å². The molecule has 2 atom stereocenters. The van der Waals surface area contributed by atoms with Crippen molar-refractivity contribution in [2.75, 3.05) is 11.9 Å². The molecule has 0 radical (unpaired) electrons. The molecule has 2 aliphatic heterocycles. The highest BCUT2D eigenvalue weighted by atomic mass is 16.5. The highest BCUT2D eigenvalue weighted by Crippen LogP contribution is 2.28. The van der Waals surface area contributed by atoms with E-state index < -0.39 is 0 Å². The number of fused-ring (bicyclic) bond motifs is 1. The lowest BCUT2D eigenvalue weighted by molar-refractivity contribution is 0.102. The van der Waals surface area contributed by atoms with E-state index in [9.17, 15) is 0 Å². The summed E-state index contributed by atoms with van der Waals surface area (Å²) in [6, 6.07) is 9.32. The minimum absolute atomic E-state index is 0.554. The number of hydrogen-bond acceptors (Lipinski definition) is 2. The summed E-state index contributed by atoms with van der Waals surface area (Å²) in [7, 11) is 0. The van der Waals surface area contributed by atoms with Gasteiger partial charge >= 0.3 is 0 Å². The van der Waals surface area contributed by atoms with Crippen LogP contribution < -0.4 is 5.32 Å². The SMILES string of the molecule is c1ccc2c(c1)CC(CCCC1CCCO1)N2. The van der Waals surface area contributed by atoms with Crippen molar-refractivity contribution in [3.05, 3.63) is 29.8 Å². The predicted molar refractivity (Wildman–Crippen MR) is 70.4 cm³/mol. The van der Waals surface area contributed by atoms with E-state index in [1.807, 2.05) is 0 Å². The van der Waals surface area contributed by atoms with E-state index >= 15 is 0 Å². The van der Waals surface area contributed by atoms with Crippen LogP contribution in [0.2, 0.25) is 0 Å². The van der Waals surface area contributed by atoms with Crippen LogP contribution in [0.15, 0.2) is 24.3 Å². The fourth-order valence-electron chi connectivity index (χ4n) is 3.01. The molecule has 2 heteroatoms. The quantitative estimate of drug-likeness (QED) is 0.857. The van der Waals surface area contributed by atoms with Crippen LogP contribution in [0, 0.1) is 0 Å². The normalized spacial score (nSPS) is 26.8. The Bertz CT molecular complexity index is 346. The third-order valence-corrected chi connectivity index (χ3v) is 3.95. The van der Waals surface area contributed by atoms with Gasteiger partial charge in [0, 0.05) is 18.3 Å². The van der Waals surface area contributed by atoms with Crippen molar-refractivity contribution in [2.24, 2.45) is 0 Å². The van der Waals surface area contributed by atoms with Gasteiger partial charge in [0.25, 0.3) is 0 Å². The molecule has 0 bridgehead atoms. The number of ether oxygens (including phenoxy) is 1. The van der Waals surface area contributed by atoms with Crippen LogP contribution in [0.25, 0.3) is 0 Å². The molecule has 3 rings (SSSR count). The van der Waals surface area contributed by atoms with E-state index in [0.717, 1.165) is 6.61 Å². The molecule has 17 heavy (non-hydrogen) atoms. The zero-order chi connectivity index (χ0) is 11.5. The van der Waals surface area contributed by atoms with E-state index in [1.165, 1.54) is 49.8 Å². The van der Waals surface area contributed by atoms with Crippen LogP contribution in [-0.4, -0.2) is 18.8 Å². The molecular weight excluding hydrogens is 210 g/mol. The first-order valence-electron chi connectivity index (χ1n) is 6.88. The van der Waals surface area contributed by atoms with Crippen LogP contribution >= 0.6 is 0 Å². The van der Waals surface area contributed by atoms with Crippen molar-refractivity contribution < 1.29 is 4.74 Å². The molecule has 1 fully saturated rings. The third-order valence-electron chi connectivity index (χ3n) is 3.95. The molecule has 2 nitrogen and oxygen atoms in total. The molecule has 0 saturated carbocycles. The Hall–Kier alpha value is -1.02. The number of anilines is 1. The smallest absolute Gasteiger partial charge is 0.0576 e. The summed E-state index contributed by atoms with van der Waals surface area (Å²) in [5.74, 6) is 0. The lowest BCUT2D eigenvalue weighted by Gasteiger charge is -2.13. The average molecular weight is 231 g/mol. The summed E-state index contributed by atoms with van der Waals surface area (Å²) >= 11 is 0. The van der Waals surface area contributed by atoms with Crippen molar-refractivity contribution in [1.29, 1.82) is 0 Å². The summed E-state index contributed by atoms with van der Waals surface area (Å²) in [5.41, 5.74) is 2.82. The van der Waals surface area contributed by atoms with Crippen LogP contribution in [0.5, 0.6) is 0 Å². The minimum atomic E-state index is 0.554. The highest BCUT2D eigenvalue weighted by Gasteiger charge is 2.20. The summed E-state index contributed by atoms with van der Waals surface area (Å²) in [5, 5.41) is 3.62. The second-order valence-corrected chi connectivity index (χ2v) is 5.27. The Labute approximate surface area is 103 Å². The zero-order valence-corrected chi connectivity index (χ0v) is 10.3. The number of rotatable bonds is 4. The minimum Gasteiger partial charge on any atom is -0.382 e. The Balaban J connectivity index is 1.43. The standard InChI is InChI=1S/C15H21NO/c1-2-9-15-12(5-1)11-13(16-15)6-3-7-14-8-4-10-17-14/h1-2,5,9,13-14,16H,3-4,6-8,10-11H2. The first-order chi connectivity index (χ1) is 8.42. The topological polar surface area (TPSA) is 21.3 Å². The zero-order valence-electron chi connectivity index (χ0n) is 10.3. The van der Waals surface area contributed by atoms with Gasteiger partial charge < -0.3 is 10.1 Å². The molecule has 2 heterocycles. The summed E-state index contributed by atoms with van der Waals surface area (Å²) in [4.78, 5) is 0. The fourth-order valence-corrected chi connectivity index (χ4v) is 3.01. The van der Waals surface area contributed by atoms with Gasteiger partial charge in [0.2, 0.25) is 0 Å². The molecule has 2 unspecified atom stereocenters. The molecule has 0 amide bonds. The summed E-state index contributed by atoms with van der Waals surface area (Å²) < 4.78 is 5.66. The Morgan fingerprint density at radius 1 is 1.24 bits per heavy atom. The van der Waals surface area contributed by atoms with Crippen molar-refractivity contribution in [2.45, 2.75) is 50.7 Å². The molecule has 1 saturated heterocycles. The molecule has 0 aromatic heterocycles. The van der Waals surface area contributed by atoms with Gasteiger partial charge in [0.1, 0.15) is 0 Å². The van der Waals surface area contributed by atoms with Crippen LogP contribution in [0.1, 0.15) is 37.7 Å². The lowest BCUT2D eigenvalue weighted by Crippen LogP contribution is -2.16. The van der Waals surface area contributed by atoms with Crippen LogP contribution in [0.4, 0.5) is 5.69 Å². The van der Waals surface area contributed by atoms with Crippen LogP contribution in [0.3, 0.4) is 0 Å². The number of para-hydroxylation sites is 1. The van der Waals surface area contributed by atoms with Crippen LogP contribution in [-0.2, 0) is 11.2 Å². The summed E-state index contributed by atoms with van der Waals surface area (Å²) in [6.45, 7) is 0.984. The van der Waals surface area contributed by atoms with Gasteiger partial charge in [0.05, 0.1) is 6.10 Å². The first kappa shape index (κ1) is 11.1. The van der Waals surface area contributed by atoms with Gasteiger partial charge in [0.15, 0.2) is 0 Å². The molecule has 1 aromatic rings. The van der Waals surface area contributed by atoms with Crippen molar-refractivity contribution in [3.63, 3.8) is 0 Å². The Kier molecular flexibility index (Phi) is 3.32. The third kappa shape index (κ3) is 2.63. The maximum Gasteiger partial charge on any atom is 0.0576 e. The van der Waals surface area contributed by atoms with Gasteiger partial charge in [-0.25, -0.2) is 0 Å². The number of nitrogens with one attached hydrogen (secondary N) is 1. The maximum atomic E-state index is 5.66. The monoisotopic (exact) mass is 231 g/mol. The summed E-state index contributed by atoms with van der Waals surface area (Å²) in [6.07, 6.45) is 8.09. The average Bonchev–Trinajstić information content (AvgIpc) is 2.96. The maximum absolute atomic E-state index is 5.66. The van der Waals surface area contributed by atoms with E-state index in [0.29, 0.717) is 12.1 Å². The van der Waals surface area contributed by atoms with Crippen molar-refractivity contribution in [1.82, 2.24) is 0 Å². The number of benzene rings is 1. The fraction of sp³-hybridized carbons (Fsp3) is 0.600. The lowest BCUT2D eigenvalue weighted by atomic mass is 10.0. The first-order valence-corrected chi connectivity index (χ1v) is 6.88. The van der Waals surface area contributed by atoms with Gasteiger partial charge in [-0.05, 0) is 50.2 Å². The Morgan fingerprint density at radius 2 is 2.18 bits per heavy atom. The molecule has 1 aromatic carbocycles. The Morgan fingerprint density at radius 3 is 3.00 bits per heavy atom. The molecule has 92 valence electrons. The van der Waals surface area contributed by atoms with Gasteiger partial charge in [-0.15, -0.1) is 0 Å². The molecule has 0 aliphatic carbocycles. The van der Waals surface area contributed by atoms with Crippen molar-refractivity contribution in [3.8, 4) is 0 Å². The molecular formula is C15H21NO. The van der Waals surface area contributed by atoms with E-state index in [-0.39, 0.29) is 0 Å². The molecule has 1 N–H and O–H groups in total. The number of hydrogen-bond donors (Lipinski definition) is 1. The molecule has 2 aliphatic rings. The van der Waals surface area contributed by atoms with E-state index in [4.69, 9.17) is 4.74 Å². The second kappa shape index (κ2) is 5.09. The van der Waals surface area contributed by atoms with Crippen molar-refractivity contribution >= 4 is 5.69 Å². The second-order valence-electron chi connectivity index (χ2n) is 5.27. The predicted octanol–water partition coefficient (Wildman–Crippen LogP) is 3.37. The largest absolute Gasteiger partial charge is 0.382 e. The van der Waals surface area contributed by atoms with Gasteiger partial charge in [-0.3, -0.25) is 0 Å². The van der Waals surface area contributed by atoms with Gasteiger partial charge in [-0.1, -0.05) is 18.2 Å².